The van der Waals surface area contributed by atoms with E-state index in [0.29, 0.717) is 17.9 Å². The van der Waals surface area contributed by atoms with Crippen LogP contribution in [0.5, 0.6) is 0 Å². The molecule has 0 aromatic carbocycles. The van der Waals surface area contributed by atoms with Crippen LogP contribution in [0.15, 0.2) is 0 Å². The highest BCUT2D eigenvalue weighted by Crippen LogP contribution is 2.27. The van der Waals surface area contributed by atoms with Gasteiger partial charge in [0.25, 0.3) is 0 Å². The molecule has 4 atom stereocenters. The van der Waals surface area contributed by atoms with Crippen LogP contribution in [0.3, 0.4) is 0 Å². The number of carbonyl (C=O) groups is 1. The van der Waals surface area contributed by atoms with Gasteiger partial charge in [-0.05, 0) is 25.7 Å². The Balaban J connectivity index is 2.01. The van der Waals surface area contributed by atoms with E-state index < -0.39 is 0 Å². The summed E-state index contributed by atoms with van der Waals surface area (Å²) in [5, 5.41) is 3.48. The van der Waals surface area contributed by atoms with Gasteiger partial charge in [0.2, 0.25) is 5.91 Å². The van der Waals surface area contributed by atoms with E-state index in [-0.39, 0.29) is 12.2 Å². The summed E-state index contributed by atoms with van der Waals surface area (Å²) < 4.78 is 5.75. The van der Waals surface area contributed by atoms with Crippen LogP contribution in [0.25, 0.3) is 0 Å². The summed E-state index contributed by atoms with van der Waals surface area (Å²) in [7, 11) is 0. The van der Waals surface area contributed by atoms with Crippen molar-refractivity contribution in [3.05, 3.63) is 0 Å². The van der Waals surface area contributed by atoms with Crippen LogP contribution in [-0.4, -0.2) is 42.3 Å². The summed E-state index contributed by atoms with van der Waals surface area (Å²) in [5.74, 6) is 0.813. The lowest BCUT2D eigenvalue weighted by atomic mass is 9.98. The molecule has 0 saturated carbocycles. The summed E-state index contributed by atoms with van der Waals surface area (Å²) in [6, 6.07) is 0.0268. The minimum Gasteiger partial charge on any atom is -0.378 e. The molecule has 2 aliphatic rings. The molecular formula is C15H28N2O2. The van der Waals surface area contributed by atoms with Gasteiger partial charge in [-0.2, -0.15) is 0 Å². The lowest BCUT2D eigenvalue weighted by Gasteiger charge is -2.28. The maximum atomic E-state index is 12.4. The number of hydrogen-bond acceptors (Lipinski definition) is 3. The first-order valence-electron chi connectivity index (χ1n) is 7.89. The van der Waals surface area contributed by atoms with Crippen molar-refractivity contribution in [2.75, 3.05) is 13.2 Å². The van der Waals surface area contributed by atoms with Crippen LogP contribution in [0.1, 0.15) is 52.9 Å². The molecule has 1 amide bonds. The van der Waals surface area contributed by atoms with Gasteiger partial charge in [-0.15, -0.1) is 0 Å². The smallest absolute Gasteiger partial charge is 0.241 e. The van der Waals surface area contributed by atoms with Crippen LogP contribution in [0.4, 0.5) is 0 Å². The Labute approximate surface area is 116 Å². The minimum atomic E-state index is 0.0268. The van der Waals surface area contributed by atoms with Gasteiger partial charge < -0.3 is 9.64 Å². The summed E-state index contributed by atoms with van der Waals surface area (Å²) in [5.41, 5.74) is 0. The highest BCUT2D eigenvalue weighted by atomic mass is 16.5. The highest BCUT2D eigenvalue weighted by molar-refractivity contribution is 5.84. The van der Waals surface area contributed by atoms with E-state index in [4.69, 9.17) is 4.74 Å². The van der Waals surface area contributed by atoms with Crippen molar-refractivity contribution in [1.82, 2.24) is 10.2 Å². The van der Waals surface area contributed by atoms with Crippen molar-refractivity contribution in [2.24, 2.45) is 5.92 Å². The number of nitrogens with zero attached hydrogens (tertiary/aromatic N) is 1. The topological polar surface area (TPSA) is 41.6 Å². The lowest BCUT2D eigenvalue weighted by molar-refractivity contribution is -0.131. The number of amides is 1. The minimum absolute atomic E-state index is 0.0268. The third kappa shape index (κ3) is 3.11. The summed E-state index contributed by atoms with van der Waals surface area (Å²) in [4.78, 5) is 14.5. The Kier molecular flexibility index (Phi) is 5.22. The predicted octanol–water partition coefficient (Wildman–Crippen LogP) is 2.14. The van der Waals surface area contributed by atoms with Crippen molar-refractivity contribution in [1.29, 1.82) is 0 Å². The van der Waals surface area contributed by atoms with Gasteiger partial charge >= 0.3 is 0 Å². The zero-order chi connectivity index (χ0) is 13.8. The first-order valence-corrected chi connectivity index (χ1v) is 7.89. The molecule has 0 aliphatic carbocycles. The molecule has 2 aliphatic heterocycles. The van der Waals surface area contributed by atoms with E-state index in [0.717, 1.165) is 45.3 Å². The molecule has 2 fully saturated rings. The van der Waals surface area contributed by atoms with E-state index in [9.17, 15) is 4.79 Å². The lowest BCUT2D eigenvalue weighted by Crippen LogP contribution is -2.41. The molecule has 2 rings (SSSR count). The molecular weight excluding hydrogens is 240 g/mol. The van der Waals surface area contributed by atoms with Crippen molar-refractivity contribution in [2.45, 2.75) is 71.2 Å². The van der Waals surface area contributed by atoms with Crippen LogP contribution in [0, 0.1) is 5.92 Å². The molecule has 0 aromatic heterocycles. The number of carbonyl (C=O) groups excluding carboxylic acids is 1. The molecule has 4 unspecified atom stereocenters. The second-order valence-corrected chi connectivity index (χ2v) is 5.79. The van der Waals surface area contributed by atoms with Crippen LogP contribution < -0.4 is 5.32 Å². The van der Waals surface area contributed by atoms with Gasteiger partial charge in [-0.3, -0.25) is 10.1 Å². The summed E-state index contributed by atoms with van der Waals surface area (Å²) >= 11 is 0. The van der Waals surface area contributed by atoms with Gasteiger partial charge in [0, 0.05) is 19.1 Å². The maximum absolute atomic E-state index is 12.4. The molecule has 0 bridgehead atoms. The third-order valence-corrected chi connectivity index (χ3v) is 4.50. The number of rotatable bonds is 6. The normalized spacial score (nSPS) is 35.3. The Hall–Kier alpha value is -0.610. The van der Waals surface area contributed by atoms with E-state index in [1.165, 1.54) is 0 Å². The molecule has 4 nitrogen and oxygen atoms in total. The average molecular weight is 268 g/mol. The first-order chi connectivity index (χ1) is 9.21. The van der Waals surface area contributed by atoms with Gasteiger partial charge in [0.05, 0.1) is 18.3 Å². The van der Waals surface area contributed by atoms with Gasteiger partial charge in [-0.25, -0.2) is 0 Å². The molecule has 1 N–H and O–H groups in total. The zero-order valence-corrected chi connectivity index (χ0v) is 12.5. The molecule has 4 heteroatoms. The Bertz CT molecular complexity index is 309. The van der Waals surface area contributed by atoms with Crippen molar-refractivity contribution < 1.29 is 9.53 Å². The fourth-order valence-corrected chi connectivity index (χ4v) is 3.37. The monoisotopic (exact) mass is 268 g/mol. The zero-order valence-electron chi connectivity index (χ0n) is 12.5. The number of nitrogens with one attached hydrogen (secondary N) is 1. The first kappa shape index (κ1) is 14.8. The van der Waals surface area contributed by atoms with E-state index in [1.807, 2.05) is 0 Å². The second-order valence-electron chi connectivity index (χ2n) is 5.79. The van der Waals surface area contributed by atoms with Crippen molar-refractivity contribution in [3.8, 4) is 0 Å². The average Bonchev–Trinajstić information content (AvgIpc) is 2.98. The number of hydrogen-bond donors (Lipinski definition) is 1. The Morgan fingerprint density at radius 3 is 2.74 bits per heavy atom. The van der Waals surface area contributed by atoms with E-state index >= 15 is 0 Å². The van der Waals surface area contributed by atoms with Crippen LogP contribution in [-0.2, 0) is 9.53 Å². The van der Waals surface area contributed by atoms with Crippen LogP contribution >= 0.6 is 0 Å². The maximum Gasteiger partial charge on any atom is 0.241 e. The molecule has 0 spiro atoms. The SMILES string of the molecule is CCCC1NC(CC)C(=O)N1CC1CCOC1CC. The molecule has 19 heavy (non-hydrogen) atoms. The summed E-state index contributed by atoms with van der Waals surface area (Å²) in [6.45, 7) is 8.15. The van der Waals surface area contributed by atoms with Gasteiger partial charge in [0.1, 0.15) is 0 Å². The fourth-order valence-electron chi connectivity index (χ4n) is 3.37. The molecule has 2 heterocycles. The Morgan fingerprint density at radius 1 is 1.32 bits per heavy atom. The van der Waals surface area contributed by atoms with Crippen LogP contribution in [0.2, 0.25) is 0 Å². The largest absolute Gasteiger partial charge is 0.378 e. The molecule has 110 valence electrons. The van der Waals surface area contributed by atoms with Gasteiger partial charge in [-0.1, -0.05) is 27.2 Å². The molecule has 0 radical (unpaired) electrons. The predicted molar refractivity (Wildman–Crippen MR) is 75.8 cm³/mol. The van der Waals surface area contributed by atoms with Gasteiger partial charge in [0.15, 0.2) is 0 Å². The second kappa shape index (κ2) is 6.71. The van der Waals surface area contributed by atoms with E-state index in [2.05, 4.69) is 31.0 Å². The fraction of sp³-hybridized carbons (Fsp3) is 0.933. The van der Waals surface area contributed by atoms with Crippen molar-refractivity contribution in [3.63, 3.8) is 0 Å². The standard InChI is InChI=1S/C15H28N2O2/c1-4-7-14-16-12(5-2)15(18)17(14)10-11-8-9-19-13(11)6-3/h11-14,16H,4-10H2,1-3H3. The molecule has 2 saturated heterocycles. The summed E-state index contributed by atoms with van der Waals surface area (Å²) in [6.07, 6.45) is 5.76. The number of ether oxygens (including phenoxy) is 1. The van der Waals surface area contributed by atoms with Crippen molar-refractivity contribution >= 4 is 5.91 Å². The highest BCUT2D eigenvalue weighted by Gasteiger charge is 2.40. The third-order valence-electron chi connectivity index (χ3n) is 4.50. The van der Waals surface area contributed by atoms with E-state index in [1.54, 1.807) is 0 Å². The quantitative estimate of drug-likeness (QED) is 0.802. The Morgan fingerprint density at radius 2 is 2.11 bits per heavy atom. The molecule has 0 aromatic rings.